The van der Waals surface area contributed by atoms with Crippen molar-refractivity contribution in [1.82, 2.24) is 10.6 Å². The van der Waals surface area contributed by atoms with Crippen LogP contribution in [0.3, 0.4) is 0 Å². The van der Waals surface area contributed by atoms with E-state index in [9.17, 15) is 0 Å². The van der Waals surface area contributed by atoms with Crippen molar-refractivity contribution >= 4 is 0 Å². The van der Waals surface area contributed by atoms with E-state index in [0.717, 1.165) is 19.5 Å². The zero-order valence-corrected chi connectivity index (χ0v) is 6.34. The second kappa shape index (κ2) is 4.47. The minimum atomic E-state index is 0.570. The van der Waals surface area contributed by atoms with Crippen LogP contribution in [0.2, 0.25) is 0 Å². The molecule has 0 aromatic heterocycles. The van der Waals surface area contributed by atoms with Gasteiger partial charge in [0.25, 0.3) is 0 Å². The van der Waals surface area contributed by atoms with Crippen molar-refractivity contribution < 1.29 is 0 Å². The quantitative estimate of drug-likeness (QED) is 0.534. The van der Waals surface area contributed by atoms with Crippen LogP contribution in [0.4, 0.5) is 0 Å². The van der Waals surface area contributed by atoms with Gasteiger partial charge in [-0.05, 0) is 19.4 Å². The lowest BCUT2D eigenvalue weighted by atomic mass is 10.2. The first-order valence-electron chi connectivity index (χ1n) is 3.95. The SMILES string of the molecule is [NH]CCCN1CC=CCC1. The van der Waals surface area contributed by atoms with Crippen molar-refractivity contribution in [1.29, 1.82) is 0 Å². The summed E-state index contributed by atoms with van der Waals surface area (Å²) in [7, 11) is 0. The molecule has 10 heavy (non-hydrogen) atoms. The van der Waals surface area contributed by atoms with Gasteiger partial charge in [-0.1, -0.05) is 12.2 Å². The highest BCUT2D eigenvalue weighted by Gasteiger charge is 2.03. The topological polar surface area (TPSA) is 27.0 Å². The van der Waals surface area contributed by atoms with E-state index in [1.165, 1.54) is 13.0 Å². The third-order valence-electron chi connectivity index (χ3n) is 1.79. The highest BCUT2D eigenvalue weighted by Crippen LogP contribution is 2.00. The molecule has 1 aliphatic heterocycles. The summed E-state index contributed by atoms with van der Waals surface area (Å²) in [6, 6.07) is 0. The van der Waals surface area contributed by atoms with Crippen LogP contribution in [-0.4, -0.2) is 31.1 Å². The number of nitrogens with one attached hydrogen (secondary N) is 1. The Morgan fingerprint density at radius 3 is 2.90 bits per heavy atom. The molecule has 0 aromatic rings. The van der Waals surface area contributed by atoms with Gasteiger partial charge < -0.3 is 0 Å². The molecular weight excluding hydrogens is 124 g/mol. The predicted molar refractivity (Wildman–Crippen MR) is 42.8 cm³/mol. The van der Waals surface area contributed by atoms with E-state index in [-0.39, 0.29) is 0 Å². The number of hydrogen-bond acceptors (Lipinski definition) is 1. The molecule has 0 saturated carbocycles. The van der Waals surface area contributed by atoms with Gasteiger partial charge in [0, 0.05) is 19.6 Å². The van der Waals surface area contributed by atoms with Gasteiger partial charge >= 0.3 is 0 Å². The lowest BCUT2D eigenvalue weighted by molar-refractivity contribution is 0.296. The second-order valence-electron chi connectivity index (χ2n) is 2.66. The van der Waals surface area contributed by atoms with Gasteiger partial charge in [-0.3, -0.25) is 10.6 Å². The van der Waals surface area contributed by atoms with Crippen LogP contribution in [0.5, 0.6) is 0 Å². The fourth-order valence-corrected chi connectivity index (χ4v) is 1.20. The molecule has 57 valence electrons. The third kappa shape index (κ3) is 2.50. The predicted octanol–water partition coefficient (Wildman–Crippen LogP) is 0.921. The Morgan fingerprint density at radius 1 is 1.40 bits per heavy atom. The first-order valence-corrected chi connectivity index (χ1v) is 3.95. The van der Waals surface area contributed by atoms with Crippen molar-refractivity contribution in [3.05, 3.63) is 12.2 Å². The average molecular weight is 139 g/mol. The molecule has 2 heteroatoms. The zero-order valence-electron chi connectivity index (χ0n) is 6.34. The smallest absolute Gasteiger partial charge is 0.0163 e. The Kier molecular flexibility index (Phi) is 3.47. The first kappa shape index (κ1) is 7.76. The van der Waals surface area contributed by atoms with Gasteiger partial charge in [-0.15, -0.1) is 0 Å². The summed E-state index contributed by atoms with van der Waals surface area (Å²) in [5, 5.41) is 0. The summed E-state index contributed by atoms with van der Waals surface area (Å²) in [4.78, 5) is 2.40. The van der Waals surface area contributed by atoms with Crippen LogP contribution in [0.1, 0.15) is 12.8 Å². The molecule has 0 atom stereocenters. The fraction of sp³-hybridized carbons (Fsp3) is 0.750. The number of nitrogens with zero attached hydrogens (tertiary/aromatic N) is 1. The van der Waals surface area contributed by atoms with Crippen molar-refractivity contribution in [2.45, 2.75) is 12.8 Å². The molecule has 0 saturated heterocycles. The highest BCUT2D eigenvalue weighted by atomic mass is 15.1. The third-order valence-corrected chi connectivity index (χ3v) is 1.79. The summed E-state index contributed by atoms with van der Waals surface area (Å²) in [6.45, 7) is 3.96. The summed E-state index contributed by atoms with van der Waals surface area (Å²) in [5.41, 5.74) is 6.98. The number of rotatable bonds is 3. The van der Waals surface area contributed by atoms with E-state index in [2.05, 4.69) is 17.1 Å². The van der Waals surface area contributed by atoms with Crippen LogP contribution in [-0.2, 0) is 0 Å². The van der Waals surface area contributed by atoms with Crippen LogP contribution in [0.15, 0.2) is 12.2 Å². The lowest BCUT2D eigenvalue weighted by Crippen LogP contribution is -2.28. The Hall–Kier alpha value is -0.340. The molecule has 1 radical (unpaired) electrons. The molecule has 1 aliphatic rings. The van der Waals surface area contributed by atoms with E-state index in [1.54, 1.807) is 0 Å². The van der Waals surface area contributed by atoms with Crippen LogP contribution in [0, 0.1) is 0 Å². The second-order valence-corrected chi connectivity index (χ2v) is 2.66. The van der Waals surface area contributed by atoms with Crippen molar-refractivity contribution in [2.75, 3.05) is 26.2 Å². The highest BCUT2D eigenvalue weighted by molar-refractivity contribution is 4.90. The summed E-state index contributed by atoms with van der Waals surface area (Å²) >= 11 is 0. The Balaban J connectivity index is 2.10. The lowest BCUT2D eigenvalue weighted by Gasteiger charge is -2.22. The van der Waals surface area contributed by atoms with Crippen LogP contribution >= 0.6 is 0 Å². The van der Waals surface area contributed by atoms with E-state index in [4.69, 9.17) is 5.73 Å². The molecule has 1 heterocycles. The van der Waals surface area contributed by atoms with Gasteiger partial charge in [0.2, 0.25) is 0 Å². The zero-order chi connectivity index (χ0) is 7.23. The Morgan fingerprint density at radius 2 is 2.30 bits per heavy atom. The maximum absolute atomic E-state index is 6.98. The monoisotopic (exact) mass is 139 g/mol. The van der Waals surface area contributed by atoms with Crippen molar-refractivity contribution in [3.63, 3.8) is 0 Å². The summed E-state index contributed by atoms with van der Waals surface area (Å²) in [5.74, 6) is 0. The van der Waals surface area contributed by atoms with E-state index in [1.807, 2.05) is 0 Å². The normalized spacial score (nSPS) is 19.7. The van der Waals surface area contributed by atoms with E-state index in [0.29, 0.717) is 6.54 Å². The van der Waals surface area contributed by atoms with Gasteiger partial charge in [-0.2, -0.15) is 0 Å². The summed E-state index contributed by atoms with van der Waals surface area (Å²) < 4.78 is 0. The molecule has 0 aliphatic carbocycles. The minimum Gasteiger partial charge on any atom is -0.299 e. The van der Waals surface area contributed by atoms with Crippen molar-refractivity contribution in [3.8, 4) is 0 Å². The van der Waals surface area contributed by atoms with Crippen molar-refractivity contribution in [2.24, 2.45) is 0 Å². The van der Waals surface area contributed by atoms with Crippen LogP contribution in [0.25, 0.3) is 0 Å². The molecule has 0 bridgehead atoms. The Labute approximate surface area is 62.7 Å². The average Bonchev–Trinajstić information content (AvgIpc) is 2.03. The van der Waals surface area contributed by atoms with E-state index < -0.39 is 0 Å². The van der Waals surface area contributed by atoms with Gasteiger partial charge in [-0.25, -0.2) is 0 Å². The molecular formula is C8H15N2. The molecule has 2 nitrogen and oxygen atoms in total. The summed E-state index contributed by atoms with van der Waals surface area (Å²) in [6.07, 6.45) is 6.66. The fourth-order valence-electron chi connectivity index (χ4n) is 1.20. The van der Waals surface area contributed by atoms with E-state index >= 15 is 0 Å². The van der Waals surface area contributed by atoms with Gasteiger partial charge in [0.05, 0.1) is 0 Å². The van der Waals surface area contributed by atoms with Crippen LogP contribution < -0.4 is 5.73 Å². The Bertz CT molecular complexity index is 110. The standard InChI is InChI=1S/C8H15N2/c9-5-4-8-10-6-2-1-3-7-10/h1-2,9H,3-8H2. The minimum absolute atomic E-state index is 0.570. The maximum atomic E-state index is 6.98. The molecule has 1 rings (SSSR count). The first-order chi connectivity index (χ1) is 4.93. The number of hydrogen-bond donors (Lipinski definition) is 0. The maximum Gasteiger partial charge on any atom is 0.0163 e. The largest absolute Gasteiger partial charge is 0.299 e. The van der Waals surface area contributed by atoms with Gasteiger partial charge in [0.15, 0.2) is 0 Å². The molecule has 0 amide bonds. The molecule has 0 fully saturated rings. The molecule has 0 spiro atoms. The molecule has 1 N–H and O–H groups in total. The van der Waals surface area contributed by atoms with Gasteiger partial charge in [0.1, 0.15) is 0 Å². The molecule has 0 unspecified atom stereocenters. The molecule has 0 aromatic carbocycles.